The number of furan rings is 1. The van der Waals surface area contributed by atoms with Gasteiger partial charge in [0, 0.05) is 27.4 Å². The van der Waals surface area contributed by atoms with Gasteiger partial charge in [0.25, 0.3) is 15.9 Å². The van der Waals surface area contributed by atoms with Crippen LogP contribution in [0.3, 0.4) is 0 Å². The molecule has 2 heterocycles. The van der Waals surface area contributed by atoms with Crippen molar-refractivity contribution >= 4 is 55.0 Å². The summed E-state index contributed by atoms with van der Waals surface area (Å²) in [5, 5.41) is 4.22. The predicted octanol–water partition coefficient (Wildman–Crippen LogP) is 4.36. The number of benzene rings is 3. The molecule has 0 saturated heterocycles. The maximum Gasteiger partial charge on any atom is 0.342 e. The molecule has 0 atom stereocenters. The molecule has 1 amide bonds. The summed E-state index contributed by atoms with van der Waals surface area (Å²) in [6.45, 7) is 3.39. The Bertz CT molecular complexity index is 1580. The lowest BCUT2D eigenvalue weighted by atomic mass is 10.1. The van der Waals surface area contributed by atoms with Crippen molar-refractivity contribution in [3.63, 3.8) is 0 Å². The minimum absolute atomic E-state index is 0.0469. The Hall–Kier alpha value is -3.85. The van der Waals surface area contributed by atoms with E-state index >= 15 is 0 Å². The van der Waals surface area contributed by atoms with Crippen LogP contribution in [-0.2, 0) is 14.8 Å². The molecule has 0 bridgehead atoms. The van der Waals surface area contributed by atoms with E-state index in [4.69, 9.17) is 9.15 Å². The van der Waals surface area contributed by atoms with Crippen LogP contribution in [0.15, 0.2) is 51.8 Å². The highest BCUT2D eigenvalue weighted by Gasteiger charge is 2.27. The lowest BCUT2D eigenvalue weighted by Gasteiger charge is -2.13. The Labute approximate surface area is 183 Å². The zero-order valence-corrected chi connectivity index (χ0v) is 18.2. The number of ether oxygens (including phenoxy) is 1. The molecule has 9 heteroatoms. The third-order valence-corrected chi connectivity index (χ3v) is 7.05. The molecule has 162 valence electrons. The number of nitrogens with one attached hydrogen (secondary N) is 2. The Morgan fingerprint density at radius 3 is 2.62 bits per heavy atom. The number of aryl methyl sites for hydroxylation is 2. The van der Waals surface area contributed by atoms with Crippen molar-refractivity contribution in [3.05, 3.63) is 64.9 Å². The number of carbonyl (C=O) groups is 2. The number of fused-ring (bicyclic) bond motifs is 1. The normalized spacial score (nSPS) is 12.9. The van der Waals surface area contributed by atoms with Crippen LogP contribution in [-0.4, -0.2) is 27.4 Å². The van der Waals surface area contributed by atoms with Crippen molar-refractivity contribution in [2.75, 3.05) is 17.1 Å². The fourth-order valence-electron chi connectivity index (χ4n) is 4.13. The summed E-state index contributed by atoms with van der Waals surface area (Å²) in [6.07, 6.45) is 0. The fraction of sp³-hybridized carbons (Fsp3) is 0.130. The van der Waals surface area contributed by atoms with E-state index in [0.717, 1.165) is 0 Å². The van der Waals surface area contributed by atoms with Gasteiger partial charge in [0.2, 0.25) is 0 Å². The van der Waals surface area contributed by atoms with E-state index in [2.05, 4.69) is 10.0 Å². The van der Waals surface area contributed by atoms with Crippen LogP contribution in [0.5, 0.6) is 0 Å². The smallest absolute Gasteiger partial charge is 0.342 e. The highest BCUT2D eigenvalue weighted by atomic mass is 32.2. The van der Waals surface area contributed by atoms with Gasteiger partial charge in [-0.25, -0.2) is 13.2 Å². The summed E-state index contributed by atoms with van der Waals surface area (Å²) in [7, 11) is -2.75. The summed E-state index contributed by atoms with van der Waals surface area (Å²) in [4.78, 5) is 24.4. The van der Waals surface area contributed by atoms with E-state index in [9.17, 15) is 18.0 Å². The summed E-state index contributed by atoms with van der Waals surface area (Å²) in [6, 6.07) is 11.3. The number of methoxy groups -OCH3 is 1. The zero-order valence-electron chi connectivity index (χ0n) is 17.4. The van der Waals surface area contributed by atoms with Crippen LogP contribution >= 0.6 is 0 Å². The van der Waals surface area contributed by atoms with E-state index in [1.165, 1.54) is 13.2 Å². The lowest BCUT2D eigenvalue weighted by Crippen LogP contribution is -2.14. The molecule has 0 unspecified atom stereocenters. The Balaban J connectivity index is 1.65. The third-order valence-electron chi connectivity index (χ3n) is 5.63. The van der Waals surface area contributed by atoms with E-state index < -0.39 is 16.0 Å². The van der Waals surface area contributed by atoms with Gasteiger partial charge in [0.15, 0.2) is 0 Å². The van der Waals surface area contributed by atoms with Crippen molar-refractivity contribution in [1.29, 1.82) is 0 Å². The molecule has 2 N–H and O–H groups in total. The third kappa shape index (κ3) is 2.85. The number of hydrogen-bond donors (Lipinski definition) is 2. The first-order valence-electron chi connectivity index (χ1n) is 9.73. The Morgan fingerprint density at radius 2 is 1.88 bits per heavy atom. The molecule has 5 rings (SSSR count). The maximum atomic E-state index is 13.4. The molecule has 32 heavy (non-hydrogen) atoms. The van der Waals surface area contributed by atoms with Crippen LogP contribution in [0.25, 0.3) is 21.7 Å². The molecule has 1 aliphatic heterocycles. The minimum atomic E-state index is -4.02. The first-order valence-corrected chi connectivity index (χ1v) is 11.2. The van der Waals surface area contributed by atoms with Crippen molar-refractivity contribution in [1.82, 2.24) is 0 Å². The first-order chi connectivity index (χ1) is 15.2. The molecule has 8 nitrogen and oxygen atoms in total. The number of hydrogen-bond acceptors (Lipinski definition) is 6. The van der Waals surface area contributed by atoms with Crippen LogP contribution in [0.4, 0.5) is 11.4 Å². The summed E-state index contributed by atoms with van der Waals surface area (Å²) in [5.41, 5.74) is 2.64. The minimum Gasteiger partial charge on any atom is -0.465 e. The maximum absolute atomic E-state index is 13.4. The van der Waals surface area contributed by atoms with Crippen LogP contribution in [0.1, 0.15) is 32.0 Å². The first kappa shape index (κ1) is 20.1. The van der Waals surface area contributed by atoms with Gasteiger partial charge in [-0.2, -0.15) is 0 Å². The van der Waals surface area contributed by atoms with Gasteiger partial charge < -0.3 is 14.5 Å². The highest BCUT2D eigenvalue weighted by molar-refractivity contribution is 7.93. The number of rotatable bonds is 4. The molecule has 1 aliphatic rings. The average molecular weight is 450 g/mol. The van der Waals surface area contributed by atoms with Gasteiger partial charge in [-0.1, -0.05) is 12.1 Å². The van der Waals surface area contributed by atoms with E-state index in [-0.39, 0.29) is 16.4 Å². The largest absolute Gasteiger partial charge is 0.465 e. The van der Waals surface area contributed by atoms with Crippen LogP contribution in [0.2, 0.25) is 0 Å². The molecule has 0 saturated carbocycles. The van der Waals surface area contributed by atoms with E-state index in [1.54, 1.807) is 50.2 Å². The van der Waals surface area contributed by atoms with Crippen LogP contribution in [0, 0.1) is 13.8 Å². The molecule has 0 radical (unpaired) electrons. The quantitative estimate of drug-likeness (QED) is 0.447. The molecule has 0 fully saturated rings. The topological polar surface area (TPSA) is 115 Å². The second-order valence-electron chi connectivity index (χ2n) is 7.59. The second kappa shape index (κ2) is 6.83. The summed E-state index contributed by atoms with van der Waals surface area (Å²) in [5.74, 6) is -0.445. The molecule has 0 aliphatic carbocycles. The van der Waals surface area contributed by atoms with Gasteiger partial charge in [0.05, 0.1) is 17.7 Å². The Morgan fingerprint density at radius 1 is 1.09 bits per heavy atom. The predicted molar refractivity (Wildman–Crippen MR) is 120 cm³/mol. The number of anilines is 2. The molecule has 3 aromatic carbocycles. The highest BCUT2D eigenvalue weighted by Crippen LogP contribution is 2.38. The number of sulfonamides is 1. The zero-order chi connectivity index (χ0) is 22.8. The van der Waals surface area contributed by atoms with Crippen molar-refractivity contribution in [3.8, 4) is 0 Å². The Kier molecular flexibility index (Phi) is 4.28. The van der Waals surface area contributed by atoms with Crippen LogP contribution < -0.4 is 10.0 Å². The summed E-state index contributed by atoms with van der Waals surface area (Å²) >= 11 is 0. The van der Waals surface area contributed by atoms with Gasteiger partial charge >= 0.3 is 5.97 Å². The van der Waals surface area contributed by atoms with Gasteiger partial charge in [-0.05, 0) is 49.7 Å². The molecule has 0 spiro atoms. The average Bonchev–Trinajstić information content (AvgIpc) is 3.24. The number of carbonyl (C=O) groups excluding carboxylic acids is 2. The lowest BCUT2D eigenvalue weighted by molar-refractivity contribution is 0.0600. The molecular weight excluding hydrogens is 432 g/mol. The monoisotopic (exact) mass is 450 g/mol. The molecule has 4 aromatic rings. The van der Waals surface area contributed by atoms with Gasteiger partial charge in [0.1, 0.15) is 16.9 Å². The molecular formula is C23H18N2O6S. The standard InChI is InChI=1S/C23H18N2O6S/c1-11-9-18-15(20(12(2)31-18)23(27)30-3)10-17(11)25-32(28,29)19-8-7-16-21-13(19)5-4-6-14(21)22(26)24-16/h4-10,25H,1-3H3,(H,24,26). The van der Waals surface area contributed by atoms with Gasteiger partial charge in [-0.15, -0.1) is 0 Å². The van der Waals surface area contributed by atoms with Gasteiger partial charge in [-0.3, -0.25) is 9.52 Å². The second-order valence-corrected chi connectivity index (χ2v) is 9.24. The van der Waals surface area contributed by atoms with Crippen molar-refractivity contribution in [2.24, 2.45) is 0 Å². The summed E-state index contributed by atoms with van der Waals surface area (Å²) < 4.78 is 39.9. The van der Waals surface area contributed by atoms with Crippen molar-refractivity contribution < 1.29 is 27.2 Å². The van der Waals surface area contributed by atoms with E-state index in [0.29, 0.717) is 50.0 Å². The van der Waals surface area contributed by atoms with Crippen molar-refractivity contribution in [2.45, 2.75) is 18.7 Å². The fourth-order valence-corrected chi connectivity index (χ4v) is 5.46. The number of amides is 1. The molecule has 1 aromatic heterocycles. The number of esters is 1. The van der Waals surface area contributed by atoms with E-state index in [1.807, 2.05) is 0 Å². The SMILES string of the molecule is COC(=O)c1c(C)oc2cc(C)c(NS(=O)(=O)c3ccc4c5c(cccc35)C(=O)N4)cc12.